The minimum atomic E-state index is -1.26. The van der Waals surface area contributed by atoms with Crippen molar-refractivity contribution in [3.05, 3.63) is 107 Å². The summed E-state index contributed by atoms with van der Waals surface area (Å²) in [6.07, 6.45) is 3.91. The van der Waals surface area contributed by atoms with E-state index >= 15 is 0 Å². The molecule has 258 valence electrons. The first-order valence-corrected chi connectivity index (χ1v) is 16.5. The second-order valence-corrected chi connectivity index (χ2v) is 11.8. The fourth-order valence-electron chi connectivity index (χ4n) is 6.32. The molecule has 0 amide bonds. The molecule has 5 rings (SSSR count). The summed E-state index contributed by atoms with van der Waals surface area (Å²) in [5.41, 5.74) is 4.71. The molecule has 10 heteroatoms. The highest BCUT2D eigenvalue weighted by Crippen LogP contribution is 2.43. The van der Waals surface area contributed by atoms with Crippen LogP contribution < -0.4 is 9.47 Å². The average molecular weight is 661 g/mol. The van der Waals surface area contributed by atoms with Crippen LogP contribution >= 0.6 is 0 Å². The Kier molecular flexibility index (Phi) is 14.0. The Labute approximate surface area is 283 Å². The van der Waals surface area contributed by atoms with Crippen LogP contribution in [0.5, 0.6) is 11.5 Å². The van der Waals surface area contributed by atoms with E-state index in [1.165, 1.54) is 22.3 Å². The molecule has 1 atom stereocenters. The van der Waals surface area contributed by atoms with Gasteiger partial charge >= 0.3 is 11.9 Å². The smallest absolute Gasteiger partial charge is 0.328 e. The minimum Gasteiger partial charge on any atom is -0.493 e. The molecule has 0 bridgehead atoms. The van der Waals surface area contributed by atoms with E-state index in [-0.39, 0.29) is 11.7 Å². The Bertz CT molecular complexity index is 1420. The third kappa shape index (κ3) is 10.1. The lowest BCUT2D eigenvalue weighted by Gasteiger charge is -2.41. The molecule has 0 saturated carbocycles. The summed E-state index contributed by atoms with van der Waals surface area (Å²) in [5, 5.41) is 15.6. The van der Waals surface area contributed by atoms with Gasteiger partial charge in [0.1, 0.15) is 6.10 Å². The van der Waals surface area contributed by atoms with E-state index in [2.05, 4.69) is 89.5 Å². The van der Waals surface area contributed by atoms with Gasteiger partial charge in [-0.3, -0.25) is 4.90 Å². The molecular weight excluding hydrogens is 612 g/mol. The van der Waals surface area contributed by atoms with Gasteiger partial charge in [-0.2, -0.15) is 0 Å². The van der Waals surface area contributed by atoms with Gasteiger partial charge in [0.25, 0.3) is 0 Å². The zero-order valence-electron chi connectivity index (χ0n) is 28.2. The van der Waals surface area contributed by atoms with Crippen LogP contribution in [0, 0.1) is 0 Å². The summed E-state index contributed by atoms with van der Waals surface area (Å²) in [6.45, 7) is 9.93. The van der Waals surface area contributed by atoms with E-state index in [0.717, 1.165) is 76.6 Å². The van der Waals surface area contributed by atoms with E-state index in [4.69, 9.17) is 29.2 Å². The maximum absolute atomic E-state index is 9.55. The molecule has 0 aromatic heterocycles. The summed E-state index contributed by atoms with van der Waals surface area (Å²) in [4.78, 5) is 24.2. The highest BCUT2D eigenvalue weighted by atomic mass is 16.5. The maximum Gasteiger partial charge on any atom is 0.328 e. The summed E-state index contributed by atoms with van der Waals surface area (Å²) in [6, 6.07) is 25.3. The van der Waals surface area contributed by atoms with Gasteiger partial charge in [0.05, 0.1) is 33.0 Å². The molecule has 2 aliphatic heterocycles. The quantitative estimate of drug-likeness (QED) is 0.218. The van der Waals surface area contributed by atoms with Crippen LogP contribution in [-0.2, 0) is 31.1 Å². The molecule has 1 fully saturated rings. The topological polar surface area (TPSA) is 118 Å². The number of benzene rings is 3. The fourth-order valence-corrected chi connectivity index (χ4v) is 6.32. The van der Waals surface area contributed by atoms with Crippen LogP contribution in [0.1, 0.15) is 48.1 Å². The van der Waals surface area contributed by atoms with Crippen molar-refractivity contribution in [2.75, 3.05) is 66.7 Å². The highest BCUT2D eigenvalue weighted by Gasteiger charge is 2.38. The average Bonchev–Trinajstić information content (AvgIpc) is 3.12. The highest BCUT2D eigenvalue weighted by molar-refractivity contribution is 5.89. The first-order valence-electron chi connectivity index (χ1n) is 16.5. The molecule has 48 heavy (non-hydrogen) atoms. The zero-order valence-corrected chi connectivity index (χ0v) is 28.2. The molecule has 1 unspecified atom stereocenters. The summed E-state index contributed by atoms with van der Waals surface area (Å²) in [7, 11) is 3.41. The fraction of sp³-hybridized carbons (Fsp3) is 0.421. The zero-order chi connectivity index (χ0) is 34.4. The standard InChI is InChI=1S/C34H44N2O4.C4H4O4/c1-4-34(30-26-32(38-3)31(37-2)25-29(30)15-23-40-34)16-17-35-18-20-36(21-19-35)22-24-39-33(27-11-7-5-8-12-27)28-13-9-6-10-14-28;5-3(6)1-2-4(7)8/h5-14,25-26,33H,4,15-24H2,1-3H3;1-2H,(H,5,6)(H,7,8)/b;2-1-. The lowest BCUT2D eigenvalue weighted by atomic mass is 9.81. The molecule has 0 spiro atoms. The number of methoxy groups -OCH3 is 2. The second-order valence-electron chi connectivity index (χ2n) is 11.8. The van der Waals surface area contributed by atoms with Crippen molar-refractivity contribution in [2.45, 2.75) is 37.9 Å². The minimum absolute atomic E-state index is 0.0362. The number of carboxylic acids is 2. The molecule has 2 N–H and O–H groups in total. The molecule has 0 radical (unpaired) electrons. The van der Waals surface area contributed by atoms with Crippen LogP contribution in [0.2, 0.25) is 0 Å². The predicted octanol–water partition coefficient (Wildman–Crippen LogP) is 5.41. The molecule has 1 saturated heterocycles. The van der Waals surface area contributed by atoms with E-state index in [9.17, 15) is 9.59 Å². The number of ether oxygens (including phenoxy) is 4. The third-order valence-electron chi connectivity index (χ3n) is 8.98. The predicted molar refractivity (Wildman–Crippen MR) is 184 cm³/mol. The van der Waals surface area contributed by atoms with Crippen LogP contribution in [-0.4, -0.2) is 98.7 Å². The number of fused-ring (bicyclic) bond motifs is 1. The molecular formula is C38H48N2O8. The monoisotopic (exact) mass is 660 g/mol. The Hall–Kier alpha value is -4.22. The normalized spacial score (nSPS) is 18.2. The molecule has 3 aromatic carbocycles. The number of hydrogen-bond acceptors (Lipinski definition) is 8. The van der Waals surface area contributed by atoms with Gasteiger partial charge < -0.3 is 34.1 Å². The third-order valence-corrected chi connectivity index (χ3v) is 8.98. The van der Waals surface area contributed by atoms with Crippen LogP contribution in [0.15, 0.2) is 84.9 Å². The van der Waals surface area contributed by atoms with Crippen molar-refractivity contribution < 1.29 is 38.7 Å². The number of carboxylic acid groups (broad SMARTS) is 2. The number of nitrogens with zero attached hydrogens (tertiary/aromatic N) is 2. The van der Waals surface area contributed by atoms with Crippen molar-refractivity contribution in [3.8, 4) is 11.5 Å². The van der Waals surface area contributed by atoms with Crippen molar-refractivity contribution in [1.29, 1.82) is 0 Å². The summed E-state index contributed by atoms with van der Waals surface area (Å²) >= 11 is 0. The van der Waals surface area contributed by atoms with E-state index in [1.54, 1.807) is 14.2 Å². The molecule has 10 nitrogen and oxygen atoms in total. The number of hydrogen-bond donors (Lipinski definition) is 2. The van der Waals surface area contributed by atoms with Gasteiger partial charge in [0, 0.05) is 51.4 Å². The lowest BCUT2D eigenvalue weighted by molar-refractivity contribution is -0.134. The van der Waals surface area contributed by atoms with E-state index in [1.807, 2.05) is 0 Å². The van der Waals surface area contributed by atoms with Crippen LogP contribution in [0.3, 0.4) is 0 Å². The summed E-state index contributed by atoms with van der Waals surface area (Å²) in [5.74, 6) is -0.936. The van der Waals surface area contributed by atoms with Gasteiger partial charge in [-0.15, -0.1) is 0 Å². The maximum atomic E-state index is 9.55. The Morgan fingerprint density at radius 1 is 0.833 bits per heavy atom. The van der Waals surface area contributed by atoms with E-state index < -0.39 is 11.9 Å². The number of carbonyl (C=O) groups is 2. The van der Waals surface area contributed by atoms with E-state index in [0.29, 0.717) is 18.8 Å². The van der Waals surface area contributed by atoms with Crippen molar-refractivity contribution in [1.82, 2.24) is 9.80 Å². The lowest BCUT2D eigenvalue weighted by Crippen LogP contribution is -2.49. The summed E-state index contributed by atoms with van der Waals surface area (Å²) < 4.78 is 24.2. The Morgan fingerprint density at radius 2 is 1.35 bits per heavy atom. The largest absolute Gasteiger partial charge is 0.493 e. The van der Waals surface area contributed by atoms with Gasteiger partial charge in [0.2, 0.25) is 0 Å². The second kappa shape index (κ2) is 18.4. The van der Waals surface area contributed by atoms with Gasteiger partial charge in [-0.05, 0) is 53.6 Å². The number of aliphatic carboxylic acids is 2. The molecule has 0 aliphatic carbocycles. The van der Waals surface area contributed by atoms with Gasteiger partial charge in [0.15, 0.2) is 11.5 Å². The van der Waals surface area contributed by atoms with Crippen molar-refractivity contribution >= 4 is 11.9 Å². The van der Waals surface area contributed by atoms with Gasteiger partial charge in [-0.1, -0.05) is 67.6 Å². The van der Waals surface area contributed by atoms with Crippen molar-refractivity contribution in [2.24, 2.45) is 0 Å². The SMILES string of the molecule is CCC1(CCN2CCN(CCOC(c3ccccc3)c3ccccc3)CC2)OCCc2cc(OC)c(OC)cc21.O=C(O)/C=C\C(=O)O. The Morgan fingerprint density at radius 3 is 1.85 bits per heavy atom. The first kappa shape index (κ1) is 36.6. The van der Waals surface area contributed by atoms with Crippen molar-refractivity contribution in [3.63, 3.8) is 0 Å². The molecule has 2 heterocycles. The Balaban J connectivity index is 0.000000579. The number of rotatable bonds is 14. The van der Waals surface area contributed by atoms with Gasteiger partial charge in [-0.25, -0.2) is 9.59 Å². The molecule has 2 aliphatic rings. The number of piperazine rings is 1. The molecule has 3 aromatic rings. The van der Waals surface area contributed by atoms with Crippen LogP contribution in [0.25, 0.3) is 0 Å². The first-order chi connectivity index (χ1) is 23.3. The van der Waals surface area contributed by atoms with Crippen LogP contribution in [0.4, 0.5) is 0 Å².